The minimum atomic E-state index is -0.714. The van der Waals surface area contributed by atoms with E-state index in [1.165, 1.54) is 4.90 Å². The Morgan fingerprint density at radius 1 is 1.56 bits per heavy atom. The summed E-state index contributed by atoms with van der Waals surface area (Å²) in [6, 6.07) is -0.884. The van der Waals surface area contributed by atoms with Crippen molar-refractivity contribution in [3.8, 4) is 0 Å². The average Bonchev–Trinajstić information content (AvgIpc) is 2.42. The van der Waals surface area contributed by atoms with E-state index < -0.39 is 6.04 Å². The Hall–Kier alpha value is -1.43. The van der Waals surface area contributed by atoms with Crippen LogP contribution in [-0.2, 0) is 14.4 Å². The van der Waals surface area contributed by atoms with Gasteiger partial charge in [-0.05, 0) is 13.8 Å². The van der Waals surface area contributed by atoms with Crippen LogP contribution < -0.4 is 11.1 Å². The van der Waals surface area contributed by atoms with Crippen molar-refractivity contribution in [2.75, 3.05) is 6.54 Å². The summed E-state index contributed by atoms with van der Waals surface area (Å²) in [4.78, 5) is 35.7. The molecule has 1 atom stereocenters. The van der Waals surface area contributed by atoms with Crippen molar-refractivity contribution in [1.29, 1.82) is 0 Å². The molecule has 1 heterocycles. The standard InChI is InChI=1S/C10H17N3O3/c1-6(2)13-9(15)5-7(10(13)16)12-8(14)3-4-11/h6-7H,3-5,11H2,1-2H3,(H,12,14). The van der Waals surface area contributed by atoms with Crippen LogP contribution in [0.4, 0.5) is 0 Å². The summed E-state index contributed by atoms with van der Waals surface area (Å²) in [5.41, 5.74) is 5.22. The van der Waals surface area contributed by atoms with E-state index in [0.717, 1.165) is 0 Å². The van der Waals surface area contributed by atoms with E-state index in [-0.39, 0.29) is 43.1 Å². The zero-order valence-electron chi connectivity index (χ0n) is 9.53. The smallest absolute Gasteiger partial charge is 0.252 e. The van der Waals surface area contributed by atoms with Crippen LogP contribution >= 0.6 is 0 Å². The zero-order chi connectivity index (χ0) is 12.3. The first-order valence-corrected chi connectivity index (χ1v) is 5.32. The number of nitrogens with zero attached hydrogens (tertiary/aromatic N) is 1. The van der Waals surface area contributed by atoms with Crippen LogP contribution in [-0.4, -0.2) is 41.2 Å². The fourth-order valence-corrected chi connectivity index (χ4v) is 1.70. The van der Waals surface area contributed by atoms with E-state index >= 15 is 0 Å². The van der Waals surface area contributed by atoms with Crippen LogP contribution in [0.3, 0.4) is 0 Å². The molecule has 0 aromatic heterocycles. The van der Waals surface area contributed by atoms with Crippen molar-refractivity contribution < 1.29 is 14.4 Å². The van der Waals surface area contributed by atoms with Crippen LogP contribution in [0.15, 0.2) is 0 Å². The van der Waals surface area contributed by atoms with Gasteiger partial charge in [-0.15, -0.1) is 0 Å². The number of likely N-dealkylation sites (tertiary alicyclic amines) is 1. The number of amides is 3. The number of nitrogens with one attached hydrogen (secondary N) is 1. The highest BCUT2D eigenvalue weighted by atomic mass is 16.2. The first-order valence-electron chi connectivity index (χ1n) is 5.32. The van der Waals surface area contributed by atoms with Gasteiger partial charge >= 0.3 is 0 Å². The van der Waals surface area contributed by atoms with Gasteiger partial charge in [0, 0.05) is 19.0 Å². The summed E-state index contributed by atoms with van der Waals surface area (Å²) in [6.45, 7) is 3.76. The summed E-state index contributed by atoms with van der Waals surface area (Å²) < 4.78 is 0. The lowest BCUT2D eigenvalue weighted by Gasteiger charge is -2.19. The molecule has 1 saturated heterocycles. The SMILES string of the molecule is CC(C)N1C(=O)CC(NC(=O)CCN)C1=O. The van der Waals surface area contributed by atoms with E-state index in [4.69, 9.17) is 5.73 Å². The maximum Gasteiger partial charge on any atom is 0.252 e. The normalized spacial score (nSPS) is 20.8. The van der Waals surface area contributed by atoms with Gasteiger partial charge in [0.15, 0.2) is 0 Å². The Labute approximate surface area is 94.2 Å². The number of rotatable bonds is 4. The van der Waals surface area contributed by atoms with Gasteiger partial charge in [0.2, 0.25) is 11.8 Å². The third kappa shape index (κ3) is 2.57. The molecular weight excluding hydrogens is 210 g/mol. The highest BCUT2D eigenvalue weighted by molar-refractivity contribution is 6.07. The molecule has 1 fully saturated rings. The highest BCUT2D eigenvalue weighted by Gasteiger charge is 2.40. The van der Waals surface area contributed by atoms with Gasteiger partial charge in [-0.2, -0.15) is 0 Å². The molecule has 1 aliphatic heterocycles. The van der Waals surface area contributed by atoms with Gasteiger partial charge in [0.1, 0.15) is 6.04 Å². The molecule has 1 rings (SSSR count). The average molecular weight is 227 g/mol. The molecule has 0 bridgehead atoms. The quantitative estimate of drug-likeness (QED) is 0.602. The molecule has 0 saturated carbocycles. The summed E-state index contributed by atoms with van der Waals surface area (Å²) in [7, 11) is 0. The van der Waals surface area contributed by atoms with E-state index in [1.54, 1.807) is 13.8 Å². The lowest BCUT2D eigenvalue weighted by atomic mass is 10.2. The summed E-state index contributed by atoms with van der Waals surface area (Å²) >= 11 is 0. The van der Waals surface area contributed by atoms with Gasteiger partial charge in [0.25, 0.3) is 5.91 Å². The van der Waals surface area contributed by atoms with E-state index in [2.05, 4.69) is 5.32 Å². The topological polar surface area (TPSA) is 92.5 Å². The number of hydrogen-bond donors (Lipinski definition) is 2. The second kappa shape index (κ2) is 5.07. The Morgan fingerprint density at radius 3 is 2.62 bits per heavy atom. The van der Waals surface area contributed by atoms with E-state index in [9.17, 15) is 14.4 Å². The molecule has 0 aromatic rings. The Morgan fingerprint density at radius 2 is 2.19 bits per heavy atom. The van der Waals surface area contributed by atoms with Crippen LogP contribution in [0.2, 0.25) is 0 Å². The third-order valence-electron chi connectivity index (χ3n) is 2.41. The van der Waals surface area contributed by atoms with Crippen molar-refractivity contribution in [2.45, 2.75) is 38.8 Å². The Bertz CT molecular complexity index is 314. The maximum atomic E-state index is 11.8. The van der Waals surface area contributed by atoms with Crippen LogP contribution in [0.1, 0.15) is 26.7 Å². The second-order valence-corrected chi connectivity index (χ2v) is 4.06. The molecule has 3 amide bonds. The summed E-state index contributed by atoms with van der Waals surface area (Å²) in [6.07, 6.45) is 0.215. The van der Waals surface area contributed by atoms with Gasteiger partial charge in [-0.3, -0.25) is 19.3 Å². The number of carbonyl (C=O) groups excluding carboxylic acids is 3. The fraction of sp³-hybridized carbons (Fsp3) is 0.700. The lowest BCUT2D eigenvalue weighted by molar-refractivity contribution is -0.141. The Balaban J connectivity index is 2.62. The first kappa shape index (κ1) is 12.6. The van der Waals surface area contributed by atoms with Gasteiger partial charge in [0.05, 0.1) is 6.42 Å². The van der Waals surface area contributed by atoms with Crippen LogP contribution in [0, 0.1) is 0 Å². The van der Waals surface area contributed by atoms with Crippen LogP contribution in [0.25, 0.3) is 0 Å². The molecule has 0 aliphatic carbocycles. The Kier molecular flexibility index (Phi) is 4.00. The molecule has 0 radical (unpaired) electrons. The minimum absolute atomic E-state index is 0.0489. The molecule has 0 aromatic carbocycles. The maximum absolute atomic E-state index is 11.8. The molecule has 6 nitrogen and oxygen atoms in total. The van der Waals surface area contributed by atoms with Gasteiger partial charge in [-0.25, -0.2) is 0 Å². The monoisotopic (exact) mass is 227 g/mol. The molecular formula is C10H17N3O3. The highest BCUT2D eigenvalue weighted by Crippen LogP contribution is 2.16. The van der Waals surface area contributed by atoms with Crippen LogP contribution in [0.5, 0.6) is 0 Å². The van der Waals surface area contributed by atoms with Gasteiger partial charge < -0.3 is 11.1 Å². The molecule has 6 heteroatoms. The number of carbonyl (C=O) groups is 3. The molecule has 90 valence electrons. The van der Waals surface area contributed by atoms with Crippen molar-refractivity contribution in [3.05, 3.63) is 0 Å². The van der Waals surface area contributed by atoms with Crippen molar-refractivity contribution in [3.63, 3.8) is 0 Å². The number of nitrogens with two attached hydrogens (primary N) is 1. The van der Waals surface area contributed by atoms with Crippen molar-refractivity contribution in [2.24, 2.45) is 5.73 Å². The summed E-state index contributed by atoms with van der Waals surface area (Å²) in [5, 5.41) is 2.51. The van der Waals surface area contributed by atoms with Crippen molar-refractivity contribution >= 4 is 17.7 Å². The third-order valence-corrected chi connectivity index (χ3v) is 2.41. The molecule has 1 unspecified atom stereocenters. The molecule has 1 aliphatic rings. The minimum Gasteiger partial charge on any atom is -0.344 e. The molecule has 0 spiro atoms. The van der Waals surface area contributed by atoms with Crippen molar-refractivity contribution in [1.82, 2.24) is 10.2 Å². The fourth-order valence-electron chi connectivity index (χ4n) is 1.70. The van der Waals surface area contributed by atoms with E-state index in [1.807, 2.05) is 0 Å². The van der Waals surface area contributed by atoms with Gasteiger partial charge in [-0.1, -0.05) is 0 Å². The first-order chi connectivity index (χ1) is 7.47. The predicted molar refractivity (Wildman–Crippen MR) is 57.2 cm³/mol. The van der Waals surface area contributed by atoms with E-state index in [0.29, 0.717) is 0 Å². The molecule has 3 N–H and O–H groups in total. The lowest BCUT2D eigenvalue weighted by Crippen LogP contribution is -2.44. The second-order valence-electron chi connectivity index (χ2n) is 4.06. The predicted octanol–water partition coefficient (Wildman–Crippen LogP) is -1.01. The summed E-state index contributed by atoms with van der Waals surface area (Å²) in [5.74, 6) is -0.859. The number of imide groups is 1. The number of hydrogen-bond acceptors (Lipinski definition) is 4. The largest absolute Gasteiger partial charge is 0.344 e. The zero-order valence-corrected chi connectivity index (χ0v) is 9.53. The molecule has 16 heavy (non-hydrogen) atoms.